The lowest BCUT2D eigenvalue weighted by Crippen LogP contribution is -2.08. The number of nitrogens with two attached hydrogens (primary N) is 1. The van der Waals surface area contributed by atoms with Crippen LogP contribution in [0.25, 0.3) is 11.1 Å². The van der Waals surface area contributed by atoms with E-state index in [2.05, 4.69) is 6.07 Å². The van der Waals surface area contributed by atoms with Crippen LogP contribution < -0.4 is 5.73 Å². The summed E-state index contributed by atoms with van der Waals surface area (Å²) in [6.07, 6.45) is 0.351. The highest BCUT2D eigenvalue weighted by Gasteiger charge is 2.05. The second kappa shape index (κ2) is 6.46. The van der Waals surface area contributed by atoms with Crippen molar-refractivity contribution in [2.45, 2.75) is 26.0 Å². The molecule has 2 aromatic rings. The number of aryl methyl sites for hydroxylation is 1. The molecule has 2 rings (SSSR count). The van der Waals surface area contributed by atoms with Gasteiger partial charge in [-0.15, -0.1) is 0 Å². The fourth-order valence-electron chi connectivity index (χ4n) is 2.13. The number of carbonyl (C=O) groups excluding carboxylic acids is 1. The Morgan fingerprint density at radius 3 is 2.45 bits per heavy atom. The molecule has 3 nitrogen and oxygen atoms in total. The first-order valence-corrected chi connectivity index (χ1v) is 6.68. The molecule has 3 N–H and O–H groups in total. The quantitative estimate of drug-likeness (QED) is 0.820. The maximum Gasteiger partial charge on any atom is 0.130 e. The Balaban J connectivity index is 2.26. The van der Waals surface area contributed by atoms with Gasteiger partial charge in [0.05, 0.1) is 0 Å². The van der Waals surface area contributed by atoms with Crippen molar-refractivity contribution in [1.82, 2.24) is 0 Å². The number of ketones is 1. The van der Waals surface area contributed by atoms with Gasteiger partial charge in [-0.1, -0.05) is 42.5 Å². The third-order valence-electron chi connectivity index (χ3n) is 3.25. The van der Waals surface area contributed by atoms with Crippen molar-refractivity contribution in [2.24, 2.45) is 5.73 Å². The summed E-state index contributed by atoms with van der Waals surface area (Å²) in [6, 6.07) is 15.6. The van der Waals surface area contributed by atoms with Gasteiger partial charge < -0.3 is 15.6 Å². The molecule has 20 heavy (non-hydrogen) atoms. The normalized spacial score (nSPS) is 12.2. The Morgan fingerprint density at radius 1 is 1.15 bits per heavy atom. The minimum absolute atomic E-state index is 0.198. The van der Waals surface area contributed by atoms with E-state index in [4.69, 9.17) is 5.73 Å². The number of aliphatic hydroxyl groups is 1. The molecule has 0 aromatic heterocycles. The second-order valence-corrected chi connectivity index (χ2v) is 4.97. The third kappa shape index (κ3) is 3.76. The molecule has 0 aliphatic heterocycles. The Bertz CT molecular complexity index is 605. The standard InChI is InChI=1S/C17H19NO2/c1-12(19)8-9-13-4-2-5-14(10-13)15-6-3-7-16(11-15)17(18)20/h2-7,10-11,17,20H,8-9,18H2,1H3. The van der Waals surface area contributed by atoms with Crippen LogP contribution in [0, 0.1) is 0 Å². The van der Waals surface area contributed by atoms with Crippen molar-refractivity contribution in [2.75, 3.05) is 0 Å². The van der Waals surface area contributed by atoms with Gasteiger partial charge in [0.2, 0.25) is 0 Å². The predicted octanol–water partition coefficient (Wildman–Crippen LogP) is 2.82. The van der Waals surface area contributed by atoms with Gasteiger partial charge in [0.1, 0.15) is 12.0 Å². The summed E-state index contributed by atoms with van der Waals surface area (Å²) in [7, 11) is 0. The zero-order chi connectivity index (χ0) is 14.5. The van der Waals surface area contributed by atoms with E-state index in [1.165, 1.54) is 0 Å². The first kappa shape index (κ1) is 14.4. The van der Waals surface area contributed by atoms with E-state index in [9.17, 15) is 9.90 Å². The van der Waals surface area contributed by atoms with E-state index in [-0.39, 0.29) is 5.78 Å². The third-order valence-corrected chi connectivity index (χ3v) is 3.25. The lowest BCUT2D eigenvalue weighted by atomic mass is 9.99. The molecule has 0 saturated heterocycles. The van der Waals surface area contributed by atoms with Crippen LogP contribution >= 0.6 is 0 Å². The van der Waals surface area contributed by atoms with E-state index in [1.807, 2.05) is 36.4 Å². The minimum atomic E-state index is -0.962. The summed E-state index contributed by atoms with van der Waals surface area (Å²) in [6.45, 7) is 1.61. The van der Waals surface area contributed by atoms with Crippen LogP contribution in [-0.2, 0) is 11.2 Å². The molecule has 0 spiro atoms. The highest BCUT2D eigenvalue weighted by atomic mass is 16.3. The SMILES string of the molecule is CC(=O)CCc1cccc(-c2cccc(C(N)O)c2)c1. The van der Waals surface area contributed by atoms with Gasteiger partial charge in [-0.3, -0.25) is 0 Å². The van der Waals surface area contributed by atoms with Gasteiger partial charge >= 0.3 is 0 Å². The monoisotopic (exact) mass is 269 g/mol. The molecular formula is C17H19NO2. The summed E-state index contributed by atoms with van der Waals surface area (Å²) in [5, 5.41) is 9.44. The van der Waals surface area contributed by atoms with Crippen LogP contribution in [0.3, 0.4) is 0 Å². The summed E-state index contributed by atoms with van der Waals surface area (Å²) in [5.41, 5.74) is 9.39. The Morgan fingerprint density at radius 2 is 1.80 bits per heavy atom. The smallest absolute Gasteiger partial charge is 0.130 e. The van der Waals surface area contributed by atoms with Crippen LogP contribution in [0.4, 0.5) is 0 Å². The zero-order valence-electron chi connectivity index (χ0n) is 11.5. The number of Topliss-reactive ketones (excluding diaryl/α,β-unsaturated/α-hetero) is 1. The van der Waals surface area contributed by atoms with E-state index >= 15 is 0 Å². The lowest BCUT2D eigenvalue weighted by Gasteiger charge is -2.09. The van der Waals surface area contributed by atoms with Crippen molar-refractivity contribution in [3.05, 3.63) is 59.7 Å². The summed E-state index contributed by atoms with van der Waals surface area (Å²) >= 11 is 0. The summed E-state index contributed by atoms with van der Waals surface area (Å²) < 4.78 is 0. The van der Waals surface area contributed by atoms with Crippen LogP contribution in [0.5, 0.6) is 0 Å². The molecule has 1 atom stereocenters. The molecule has 104 valence electrons. The molecule has 0 fully saturated rings. The minimum Gasteiger partial charge on any atom is -0.375 e. The Hall–Kier alpha value is -1.97. The highest BCUT2D eigenvalue weighted by Crippen LogP contribution is 2.23. The largest absolute Gasteiger partial charge is 0.375 e. The number of aliphatic hydroxyl groups excluding tert-OH is 1. The average Bonchev–Trinajstić information content (AvgIpc) is 2.45. The first-order valence-electron chi connectivity index (χ1n) is 6.68. The van der Waals surface area contributed by atoms with Gasteiger partial charge in [0, 0.05) is 6.42 Å². The molecule has 0 aliphatic rings. The summed E-state index contributed by atoms with van der Waals surface area (Å²) in [4.78, 5) is 11.0. The van der Waals surface area contributed by atoms with E-state index in [1.54, 1.807) is 13.0 Å². The van der Waals surface area contributed by atoms with Crippen LogP contribution in [0.2, 0.25) is 0 Å². The van der Waals surface area contributed by atoms with Crippen molar-refractivity contribution in [3.63, 3.8) is 0 Å². The van der Waals surface area contributed by atoms with Gasteiger partial charge in [-0.05, 0) is 41.7 Å². The molecule has 1 unspecified atom stereocenters. The molecule has 3 heteroatoms. The van der Waals surface area contributed by atoms with Gasteiger partial charge in [0.25, 0.3) is 0 Å². The van der Waals surface area contributed by atoms with Crippen molar-refractivity contribution < 1.29 is 9.90 Å². The van der Waals surface area contributed by atoms with E-state index in [0.29, 0.717) is 12.0 Å². The van der Waals surface area contributed by atoms with E-state index < -0.39 is 6.23 Å². The number of rotatable bonds is 5. The summed E-state index contributed by atoms with van der Waals surface area (Å²) in [5.74, 6) is 0.198. The fourth-order valence-corrected chi connectivity index (χ4v) is 2.13. The maximum atomic E-state index is 11.0. The number of hydrogen-bond donors (Lipinski definition) is 2. The molecule has 2 aromatic carbocycles. The molecule has 0 radical (unpaired) electrons. The van der Waals surface area contributed by atoms with Crippen LogP contribution in [0.1, 0.15) is 30.7 Å². The predicted molar refractivity (Wildman–Crippen MR) is 80.0 cm³/mol. The molecule has 0 amide bonds. The number of carbonyl (C=O) groups is 1. The molecule has 0 saturated carbocycles. The lowest BCUT2D eigenvalue weighted by molar-refractivity contribution is -0.116. The molecule has 0 heterocycles. The highest BCUT2D eigenvalue weighted by molar-refractivity contribution is 5.75. The first-order chi connectivity index (χ1) is 9.56. The Kier molecular flexibility index (Phi) is 4.66. The van der Waals surface area contributed by atoms with Crippen molar-refractivity contribution in [3.8, 4) is 11.1 Å². The maximum absolute atomic E-state index is 11.0. The van der Waals surface area contributed by atoms with Crippen molar-refractivity contribution >= 4 is 5.78 Å². The van der Waals surface area contributed by atoms with Crippen LogP contribution in [-0.4, -0.2) is 10.9 Å². The average molecular weight is 269 g/mol. The zero-order valence-corrected chi connectivity index (χ0v) is 11.5. The van der Waals surface area contributed by atoms with Gasteiger partial charge in [0.15, 0.2) is 0 Å². The number of benzene rings is 2. The second-order valence-electron chi connectivity index (χ2n) is 4.97. The molecular weight excluding hydrogens is 250 g/mol. The van der Waals surface area contributed by atoms with Crippen molar-refractivity contribution in [1.29, 1.82) is 0 Å². The fraction of sp³-hybridized carbons (Fsp3) is 0.235. The topological polar surface area (TPSA) is 63.3 Å². The van der Waals surface area contributed by atoms with E-state index in [0.717, 1.165) is 23.1 Å². The molecule has 0 aliphatic carbocycles. The Labute approximate surface area is 119 Å². The van der Waals surface area contributed by atoms with Crippen LogP contribution in [0.15, 0.2) is 48.5 Å². The van der Waals surface area contributed by atoms with Gasteiger partial charge in [-0.25, -0.2) is 0 Å². The van der Waals surface area contributed by atoms with Gasteiger partial charge in [-0.2, -0.15) is 0 Å². The molecule has 0 bridgehead atoms. The number of hydrogen-bond acceptors (Lipinski definition) is 3.